The first-order valence-electron chi connectivity index (χ1n) is 6.01. The Kier molecular flexibility index (Phi) is 4.14. The Balaban J connectivity index is 1.82. The third-order valence-corrected chi connectivity index (χ3v) is 2.96. The van der Waals surface area contributed by atoms with Gasteiger partial charge in [0.2, 0.25) is 0 Å². The molecule has 1 aliphatic heterocycles. The maximum absolute atomic E-state index is 3.36. The predicted octanol–water partition coefficient (Wildman–Crippen LogP) is 1.91. The highest BCUT2D eigenvalue weighted by molar-refractivity contribution is 5.49. The largest absolute Gasteiger partial charge is 0.314 e. The van der Waals surface area contributed by atoms with Crippen LogP contribution in [-0.4, -0.2) is 37.6 Å². The molecule has 2 nitrogen and oxygen atoms in total. The normalized spacial score (nSPS) is 18.1. The van der Waals surface area contributed by atoms with E-state index in [0.717, 1.165) is 32.7 Å². The summed E-state index contributed by atoms with van der Waals surface area (Å²) in [5, 5.41) is 3.36. The lowest BCUT2D eigenvalue weighted by atomic mass is 10.1. The fourth-order valence-corrected chi connectivity index (χ4v) is 1.91. The van der Waals surface area contributed by atoms with Crippen LogP contribution in [0.15, 0.2) is 30.3 Å². The fourth-order valence-electron chi connectivity index (χ4n) is 1.91. The van der Waals surface area contributed by atoms with Crippen molar-refractivity contribution in [2.45, 2.75) is 6.92 Å². The Labute approximate surface area is 98.0 Å². The standard InChI is InChI=1S/C14H20N2/c1-13-4-6-14(7-5-13)3-2-10-16-11-8-15-9-12-16/h2-7,15H,8-12H2,1H3. The third-order valence-electron chi connectivity index (χ3n) is 2.96. The highest BCUT2D eigenvalue weighted by Crippen LogP contribution is 2.05. The molecule has 1 aliphatic rings. The van der Waals surface area contributed by atoms with Gasteiger partial charge in [0, 0.05) is 32.7 Å². The van der Waals surface area contributed by atoms with Crippen LogP contribution in [0.1, 0.15) is 11.1 Å². The Bertz CT molecular complexity index is 334. The molecular weight excluding hydrogens is 196 g/mol. The molecule has 1 N–H and O–H groups in total. The van der Waals surface area contributed by atoms with E-state index in [1.807, 2.05) is 0 Å². The monoisotopic (exact) mass is 216 g/mol. The van der Waals surface area contributed by atoms with E-state index in [-0.39, 0.29) is 0 Å². The average molecular weight is 216 g/mol. The van der Waals surface area contributed by atoms with Crippen LogP contribution in [-0.2, 0) is 0 Å². The van der Waals surface area contributed by atoms with Crippen LogP contribution < -0.4 is 5.32 Å². The van der Waals surface area contributed by atoms with Gasteiger partial charge in [0.05, 0.1) is 0 Å². The van der Waals surface area contributed by atoms with Crippen LogP contribution in [0.4, 0.5) is 0 Å². The van der Waals surface area contributed by atoms with Crippen molar-refractivity contribution in [1.82, 2.24) is 10.2 Å². The summed E-state index contributed by atoms with van der Waals surface area (Å²) >= 11 is 0. The second kappa shape index (κ2) is 5.83. The van der Waals surface area contributed by atoms with Crippen molar-refractivity contribution in [2.75, 3.05) is 32.7 Å². The minimum Gasteiger partial charge on any atom is -0.314 e. The van der Waals surface area contributed by atoms with E-state index in [1.54, 1.807) is 0 Å². The molecule has 0 bridgehead atoms. The molecule has 0 saturated carbocycles. The molecule has 1 aromatic rings. The molecule has 86 valence electrons. The number of aryl methyl sites for hydroxylation is 1. The summed E-state index contributed by atoms with van der Waals surface area (Å²) in [4.78, 5) is 2.47. The first-order valence-corrected chi connectivity index (χ1v) is 6.01. The van der Waals surface area contributed by atoms with Gasteiger partial charge >= 0.3 is 0 Å². The van der Waals surface area contributed by atoms with E-state index in [9.17, 15) is 0 Å². The van der Waals surface area contributed by atoms with Crippen LogP contribution in [0.3, 0.4) is 0 Å². The average Bonchev–Trinajstić information content (AvgIpc) is 2.33. The zero-order valence-electron chi connectivity index (χ0n) is 9.95. The van der Waals surface area contributed by atoms with Gasteiger partial charge in [-0.25, -0.2) is 0 Å². The van der Waals surface area contributed by atoms with Gasteiger partial charge in [-0.2, -0.15) is 0 Å². The van der Waals surface area contributed by atoms with E-state index < -0.39 is 0 Å². The second-order valence-corrected chi connectivity index (χ2v) is 4.36. The molecule has 0 atom stereocenters. The first kappa shape index (κ1) is 11.4. The lowest BCUT2D eigenvalue weighted by molar-refractivity contribution is 0.265. The minimum absolute atomic E-state index is 1.07. The summed E-state index contributed by atoms with van der Waals surface area (Å²) in [5.41, 5.74) is 2.61. The fraction of sp³-hybridized carbons (Fsp3) is 0.429. The van der Waals surface area contributed by atoms with Crippen molar-refractivity contribution in [1.29, 1.82) is 0 Å². The Morgan fingerprint density at radius 1 is 1.19 bits per heavy atom. The van der Waals surface area contributed by atoms with Crippen LogP contribution >= 0.6 is 0 Å². The van der Waals surface area contributed by atoms with Gasteiger partial charge in [-0.15, -0.1) is 0 Å². The molecule has 0 amide bonds. The molecule has 0 radical (unpaired) electrons. The molecule has 0 aromatic heterocycles. The van der Waals surface area contributed by atoms with Gasteiger partial charge in [-0.05, 0) is 12.5 Å². The second-order valence-electron chi connectivity index (χ2n) is 4.36. The van der Waals surface area contributed by atoms with Crippen molar-refractivity contribution in [3.63, 3.8) is 0 Å². The number of benzene rings is 1. The van der Waals surface area contributed by atoms with Gasteiger partial charge in [0.1, 0.15) is 0 Å². The summed E-state index contributed by atoms with van der Waals surface area (Å²) in [6, 6.07) is 8.65. The van der Waals surface area contributed by atoms with Gasteiger partial charge in [0.15, 0.2) is 0 Å². The molecular formula is C14H20N2. The van der Waals surface area contributed by atoms with E-state index in [4.69, 9.17) is 0 Å². The van der Waals surface area contributed by atoms with Crippen molar-refractivity contribution >= 4 is 6.08 Å². The highest BCUT2D eigenvalue weighted by atomic mass is 15.2. The smallest absolute Gasteiger partial charge is 0.0167 e. The van der Waals surface area contributed by atoms with E-state index in [0.29, 0.717) is 0 Å². The van der Waals surface area contributed by atoms with Crippen molar-refractivity contribution in [3.8, 4) is 0 Å². The topological polar surface area (TPSA) is 15.3 Å². The van der Waals surface area contributed by atoms with Crippen LogP contribution in [0.5, 0.6) is 0 Å². The minimum atomic E-state index is 1.07. The third kappa shape index (κ3) is 3.47. The molecule has 16 heavy (non-hydrogen) atoms. The quantitative estimate of drug-likeness (QED) is 0.830. The van der Waals surface area contributed by atoms with E-state index in [2.05, 4.69) is 53.6 Å². The molecule has 2 rings (SSSR count). The lowest BCUT2D eigenvalue weighted by Gasteiger charge is -2.25. The summed E-state index contributed by atoms with van der Waals surface area (Å²) in [6.45, 7) is 7.76. The molecule has 2 heteroatoms. The zero-order valence-corrected chi connectivity index (χ0v) is 9.95. The van der Waals surface area contributed by atoms with Gasteiger partial charge in [-0.3, -0.25) is 4.90 Å². The van der Waals surface area contributed by atoms with Crippen molar-refractivity contribution < 1.29 is 0 Å². The summed E-state index contributed by atoms with van der Waals surface area (Å²) in [6.07, 6.45) is 4.47. The summed E-state index contributed by atoms with van der Waals surface area (Å²) in [5.74, 6) is 0. The maximum atomic E-state index is 3.36. The van der Waals surface area contributed by atoms with Crippen LogP contribution in [0.2, 0.25) is 0 Å². The number of hydrogen-bond acceptors (Lipinski definition) is 2. The number of nitrogens with zero attached hydrogens (tertiary/aromatic N) is 1. The summed E-state index contributed by atoms with van der Waals surface area (Å²) < 4.78 is 0. The molecule has 1 aromatic carbocycles. The number of hydrogen-bond donors (Lipinski definition) is 1. The van der Waals surface area contributed by atoms with E-state index in [1.165, 1.54) is 11.1 Å². The van der Waals surface area contributed by atoms with Crippen LogP contribution in [0, 0.1) is 6.92 Å². The summed E-state index contributed by atoms with van der Waals surface area (Å²) in [7, 11) is 0. The van der Waals surface area contributed by atoms with Gasteiger partial charge < -0.3 is 5.32 Å². The van der Waals surface area contributed by atoms with Gasteiger partial charge in [0.25, 0.3) is 0 Å². The predicted molar refractivity (Wildman–Crippen MR) is 69.5 cm³/mol. The Morgan fingerprint density at radius 2 is 1.88 bits per heavy atom. The molecule has 0 spiro atoms. The number of nitrogens with one attached hydrogen (secondary N) is 1. The molecule has 0 unspecified atom stereocenters. The van der Waals surface area contributed by atoms with E-state index >= 15 is 0 Å². The first-order chi connectivity index (χ1) is 7.84. The van der Waals surface area contributed by atoms with Crippen LogP contribution in [0.25, 0.3) is 6.08 Å². The SMILES string of the molecule is Cc1ccc(C=CCN2CCNCC2)cc1. The highest BCUT2D eigenvalue weighted by Gasteiger charge is 2.06. The molecule has 1 saturated heterocycles. The zero-order chi connectivity index (χ0) is 11.2. The number of rotatable bonds is 3. The van der Waals surface area contributed by atoms with Crippen molar-refractivity contribution in [2.24, 2.45) is 0 Å². The Morgan fingerprint density at radius 3 is 2.56 bits per heavy atom. The van der Waals surface area contributed by atoms with Gasteiger partial charge in [-0.1, -0.05) is 42.0 Å². The maximum Gasteiger partial charge on any atom is 0.0167 e. The number of piperazine rings is 1. The molecule has 1 fully saturated rings. The molecule has 0 aliphatic carbocycles. The van der Waals surface area contributed by atoms with Crippen molar-refractivity contribution in [3.05, 3.63) is 41.5 Å². The molecule has 1 heterocycles. The lowest BCUT2D eigenvalue weighted by Crippen LogP contribution is -2.43. The Hall–Kier alpha value is -1.12.